The van der Waals surface area contributed by atoms with Crippen LogP contribution in [0.5, 0.6) is 0 Å². The highest BCUT2D eigenvalue weighted by Crippen LogP contribution is 2.20. The summed E-state index contributed by atoms with van der Waals surface area (Å²) in [6.07, 6.45) is 11.2. The van der Waals surface area contributed by atoms with Crippen molar-refractivity contribution in [2.24, 2.45) is 0 Å². The van der Waals surface area contributed by atoms with Gasteiger partial charge in [0.2, 0.25) is 0 Å². The molecule has 106 valence electrons. The van der Waals surface area contributed by atoms with E-state index in [9.17, 15) is 0 Å². The third-order valence-corrected chi connectivity index (χ3v) is 4.30. The highest BCUT2D eigenvalue weighted by molar-refractivity contribution is 4.77. The molecule has 2 unspecified atom stereocenters. The Morgan fingerprint density at radius 1 is 1.17 bits per heavy atom. The van der Waals surface area contributed by atoms with Crippen LogP contribution in [0.15, 0.2) is 0 Å². The van der Waals surface area contributed by atoms with Crippen LogP contribution >= 0.6 is 0 Å². The van der Waals surface area contributed by atoms with Crippen LogP contribution in [0.2, 0.25) is 0 Å². The third-order valence-electron chi connectivity index (χ3n) is 4.30. The van der Waals surface area contributed by atoms with Crippen molar-refractivity contribution >= 4 is 0 Å². The molecule has 3 nitrogen and oxygen atoms in total. The first-order valence-corrected chi connectivity index (χ1v) is 7.93. The molecule has 1 saturated carbocycles. The molecule has 0 aromatic heterocycles. The van der Waals surface area contributed by atoms with E-state index >= 15 is 0 Å². The van der Waals surface area contributed by atoms with Crippen LogP contribution in [0.25, 0.3) is 0 Å². The molecule has 0 amide bonds. The number of hydrogen-bond acceptors (Lipinski definition) is 3. The predicted octanol–water partition coefficient (Wildman–Crippen LogP) is 2.46. The topological polar surface area (TPSA) is 33.3 Å². The molecule has 3 heteroatoms. The lowest BCUT2D eigenvalue weighted by Crippen LogP contribution is -2.40. The van der Waals surface area contributed by atoms with Crippen LogP contribution in [-0.2, 0) is 4.74 Å². The minimum atomic E-state index is 0.558. The van der Waals surface area contributed by atoms with Gasteiger partial charge in [-0.1, -0.05) is 19.3 Å². The van der Waals surface area contributed by atoms with Crippen LogP contribution in [0.1, 0.15) is 58.3 Å². The van der Waals surface area contributed by atoms with Gasteiger partial charge < -0.3 is 15.4 Å². The highest BCUT2D eigenvalue weighted by atomic mass is 16.5. The largest absolute Gasteiger partial charge is 0.377 e. The fraction of sp³-hybridized carbons (Fsp3) is 1.00. The molecule has 0 radical (unpaired) electrons. The molecule has 0 bridgehead atoms. The van der Waals surface area contributed by atoms with Gasteiger partial charge in [-0.2, -0.15) is 0 Å². The molecule has 18 heavy (non-hydrogen) atoms. The summed E-state index contributed by atoms with van der Waals surface area (Å²) in [6, 6.07) is 1.34. The molecule has 2 N–H and O–H groups in total. The zero-order valence-corrected chi connectivity index (χ0v) is 11.9. The lowest BCUT2D eigenvalue weighted by atomic mass is 9.99. The molecule has 1 saturated heterocycles. The van der Waals surface area contributed by atoms with E-state index in [1.165, 1.54) is 57.9 Å². The van der Waals surface area contributed by atoms with Gasteiger partial charge in [-0.15, -0.1) is 0 Å². The average molecular weight is 254 g/mol. The first-order chi connectivity index (χ1) is 8.84. The van der Waals surface area contributed by atoms with Crippen molar-refractivity contribution in [3.63, 3.8) is 0 Å². The zero-order chi connectivity index (χ0) is 12.6. The van der Waals surface area contributed by atoms with Crippen LogP contribution in [0.4, 0.5) is 0 Å². The molecule has 1 aliphatic carbocycles. The van der Waals surface area contributed by atoms with Crippen LogP contribution < -0.4 is 10.6 Å². The number of rotatable bonds is 7. The van der Waals surface area contributed by atoms with Crippen molar-refractivity contribution in [3.8, 4) is 0 Å². The second-order valence-electron chi connectivity index (χ2n) is 6.01. The summed E-state index contributed by atoms with van der Waals surface area (Å²) in [5.41, 5.74) is 0. The van der Waals surface area contributed by atoms with Gasteiger partial charge >= 0.3 is 0 Å². The Bertz CT molecular complexity index is 211. The van der Waals surface area contributed by atoms with Crippen molar-refractivity contribution in [2.45, 2.75) is 76.5 Å². The van der Waals surface area contributed by atoms with Crippen molar-refractivity contribution in [2.75, 3.05) is 19.7 Å². The Balaban J connectivity index is 1.47. The Labute approximate surface area is 112 Å². The molecule has 0 aromatic rings. The molecule has 2 atom stereocenters. The van der Waals surface area contributed by atoms with E-state index in [1.54, 1.807) is 0 Å². The minimum absolute atomic E-state index is 0.558. The summed E-state index contributed by atoms with van der Waals surface area (Å²) >= 11 is 0. The second kappa shape index (κ2) is 8.13. The molecular weight excluding hydrogens is 224 g/mol. The Kier molecular flexibility index (Phi) is 6.46. The van der Waals surface area contributed by atoms with E-state index in [0.717, 1.165) is 19.2 Å². The van der Waals surface area contributed by atoms with Crippen molar-refractivity contribution < 1.29 is 4.74 Å². The van der Waals surface area contributed by atoms with Gasteiger partial charge in [0.05, 0.1) is 12.7 Å². The standard InChI is InChI=1S/C15H30N2O/c1-13(12-14-6-4-5-9-17-14)16-10-11-18-15-7-2-3-8-15/h13-17H,2-12H2,1H3. The Hall–Kier alpha value is -0.120. The maximum atomic E-state index is 5.87. The Morgan fingerprint density at radius 2 is 1.94 bits per heavy atom. The van der Waals surface area contributed by atoms with Crippen LogP contribution in [0, 0.1) is 0 Å². The molecule has 0 aromatic carbocycles. The van der Waals surface area contributed by atoms with E-state index in [1.807, 2.05) is 0 Å². The van der Waals surface area contributed by atoms with Gasteiger partial charge in [0.1, 0.15) is 0 Å². The highest BCUT2D eigenvalue weighted by Gasteiger charge is 2.16. The van der Waals surface area contributed by atoms with Gasteiger partial charge in [0, 0.05) is 18.6 Å². The normalized spacial score (nSPS) is 27.5. The smallest absolute Gasteiger partial charge is 0.0594 e. The molecule has 1 aliphatic heterocycles. The van der Waals surface area contributed by atoms with Gasteiger partial charge in [-0.05, 0) is 45.6 Å². The van der Waals surface area contributed by atoms with E-state index < -0.39 is 0 Å². The summed E-state index contributed by atoms with van der Waals surface area (Å²) < 4.78 is 5.87. The lowest BCUT2D eigenvalue weighted by Gasteiger charge is -2.26. The van der Waals surface area contributed by atoms with Crippen LogP contribution in [0.3, 0.4) is 0 Å². The second-order valence-corrected chi connectivity index (χ2v) is 6.01. The molecule has 2 rings (SSSR count). The van der Waals surface area contributed by atoms with Crippen LogP contribution in [-0.4, -0.2) is 37.9 Å². The van der Waals surface area contributed by atoms with E-state index in [0.29, 0.717) is 12.1 Å². The quantitative estimate of drug-likeness (QED) is 0.685. The average Bonchev–Trinajstić information content (AvgIpc) is 2.89. The lowest BCUT2D eigenvalue weighted by molar-refractivity contribution is 0.0590. The van der Waals surface area contributed by atoms with Crippen molar-refractivity contribution in [3.05, 3.63) is 0 Å². The summed E-state index contributed by atoms with van der Waals surface area (Å²) in [6.45, 7) is 5.39. The minimum Gasteiger partial charge on any atom is -0.377 e. The van der Waals surface area contributed by atoms with Gasteiger partial charge in [-0.3, -0.25) is 0 Å². The summed E-state index contributed by atoms with van der Waals surface area (Å²) in [7, 11) is 0. The van der Waals surface area contributed by atoms with Gasteiger partial charge in [0.15, 0.2) is 0 Å². The third kappa shape index (κ3) is 5.25. The molecule has 2 aliphatic rings. The summed E-state index contributed by atoms with van der Waals surface area (Å²) in [5.74, 6) is 0. The molecule has 0 spiro atoms. The van der Waals surface area contributed by atoms with Gasteiger partial charge in [-0.25, -0.2) is 0 Å². The SMILES string of the molecule is CC(CC1CCCCN1)NCCOC1CCCC1. The maximum absolute atomic E-state index is 5.87. The van der Waals surface area contributed by atoms with Crippen molar-refractivity contribution in [1.82, 2.24) is 10.6 Å². The molecule has 2 fully saturated rings. The number of ether oxygens (including phenoxy) is 1. The van der Waals surface area contributed by atoms with Crippen molar-refractivity contribution in [1.29, 1.82) is 0 Å². The number of piperidine rings is 1. The fourth-order valence-electron chi connectivity index (χ4n) is 3.22. The monoisotopic (exact) mass is 254 g/mol. The Morgan fingerprint density at radius 3 is 2.67 bits per heavy atom. The first kappa shape index (κ1) is 14.3. The van der Waals surface area contributed by atoms with E-state index in [2.05, 4.69) is 17.6 Å². The maximum Gasteiger partial charge on any atom is 0.0594 e. The molecule has 1 heterocycles. The van der Waals surface area contributed by atoms with Gasteiger partial charge in [0.25, 0.3) is 0 Å². The summed E-state index contributed by atoms with van der Waals surface area (Å²) in [5, 5.41) is 7.20. The van der Waals surface area contributed by atoms with E-state index in [4.69, 9.17) is 4.74 Å². The molecular formula is C15H30N2O. The number of nitrogens with one attached hydrogen (secondary N) is 2. The fourth-order valence-corrected chi connectivity index (χ4v) is 3.22. The summed E-state index contributed by atoms with van der Waals surface area (Å²) in [4.78, 5) is 0. The predicted molar refractivity (Wildman–Crippen MR) is 75.9 cm³/mol. The van der Waals surface area contributed by atoms with E-state index in [-0.39, 0.29) is 0 Å². The first-order valence-electron chi connectivity index (χ1n) is 7.93. The zero-order valence-electron chi connectivity index (χ0n) is 11.9. The number of hydrogen-bond donors (Lipinski definition) is 2.